The van der Waals surface area contributed by atoms with E-state index < -0.39 is 30.6 Å². The number of rotatable bonds is 2. The number of carbonyl (C=O) groups excluding carboxylic acids is 1. The van der Waals surface area contributed by atoms with Crippen molar-refractivity contribution in [3.63, 3.8) is 0 Å². The number of likely N-dealkylation sites (tertiary alicyclic amines) is 1. The van der Waals surface area contributed by atoms with Gasteiger partial charge in [0.05, 0.1) is 0 Å². The van der Waals surface area contributed by atoms with Crippen molar-refractivity contribution in [2.75, 3.05) is 18.4 Å². The summed E-state index contributed by atoms with van der Waals surface area (Å²) in [5.74, 6) is -0.643. The van der Waals surface area contributed by atoms with Gasteiger partial charge in [0.15, 0.2) is 0 Å². The second kappa shape index (κ2) is 6.34. The lowest BCUT2D eigenvalue weighted by molar-refractivity contribution is -0.147. The van der Waals surface area contributed by atoms with Gasteiger partial charge in [-0.05, 0) is 24.5 Å². The molecule has 2 atom stereocenters. The first kappa shape index (κ1) is 15.6. The van der Waals surface area contributed by atoms with Gasteiger partial charge in [-0.3, -0.25) is 0 Å². The third kappa shape index (κ3) is 4.93. The highest BCUT2D eigenvalue weighted by molar-refractivity contribution is 5.89. The number of anilines is 1. The van der Waals surface area contributed by atoms with Crippen molar-refractivity contribution in [3.8, 4) is 0 Å². The molecular formula is C14H18F3N3O. The van der Waals surface area contributed by atoms with E-state index in [1.165, 1.54) is 4.90 Å². The topological polar surface area (TPSA) is 58.4 Å². The molecule has 1 heterocycles. The number of carbonyl (C=O) groups is 1. The average molecular weight is 301 g/mol. The molecule has 7 heteroatoms. The molecule has 0 aliphatic carbocycles. The highest BCUT2D eigenvalue weighted by Gasteiger charge is 2.36. The van der Waals surface area contributed by atoms with E-state index >= 15 is 0 Å². The normalized spacial score (nSPS) is 23.0. The predicted molar refractivity (Wildman–Crippen MR) is 73.8 cm³/mol. The average Bonchev–Trinajstić information content (AvgIpc) is 2.37. The summed E-state index contributed by atoms with van der Waals surface area (Å²) in [7, 11) is 0. The summed E-state index contributed by atoms with van der Waals surface area (Å²) in [5.41, 5.74) is 6.38. The number of amides is 2. The summed E-state index contributed by atoms with van der Waals surface area (Å²) in [6.45, 7) is 0.346. The molecule has 0 aromatic heterocycles. The number of alkyl halides is 3. The van der Waals surface area contributed by atoms with Crippen LogP contribution in [-0.2, 0) is 0 Å². The van der Waals surface area contributed by atoms with Crippen LogP contribution in [0.15, 0.2) is 30.3 Å². The lowest BCUT2D eigenvalue weighted by Crippen LogP contribution is -2.51. The van der Waals surface area contributed by atoms with E-state index in [1.54, 1.807) is 24.3 Å². The highest BCUT2D eigenvalue weighted by Crippen LogP contribution is 2.30. The molecule has 1 fully saturated rings. The molecule has 0 saturated carbocycles. The van der Waals surface area contributed by atoms with Crippen LogP contribution in [0.2, 0.25) is 0 Å². The molecule has 4 nitrogen and oxygen atoms in total. The minimum atomic E-state index is -4.23. The van der Waals surface area contributed by atoms with Gasteiger partial charge >= 0.3 is 12.2 Å². The van der Waals surface area contributed by atoms with Crippen molar-refractivity contribution in [3.05, 3.63) is 30.3 Å². The number of hydrogen-bond acceptors (Lipinski definition) is 2. The minimum Gasteiger partial charge on any atom is -0.326 e. The Morgan fingerprint density at radius 1 is 1.29 bits per heavy atom. The Bertz CT molecular complexity index is 478. The van der Waals surface area contributed by atoms with Crippen LogP contribution in [0.4, 0.5) is 23.7 Å². The van der Waals surface area contributed by atoms with E-state index in [4.69, 9.17) is 5.73 Å². The number of nitrogens with one attached hydrogen (secondary N) is 1. The van der Waals surface area contributed by atoms with Gasteiger partial charge in [0, 0.05) is 31.2 Å². The minimum absolute atomic E-state index is 0.0753. The van der Waals surface area contributed by atoms with Gasteiger partial charge in [0.1, 0.15) is 0 Å². The number of urea groups is 1. The highest BCUT2D eigenvalue weighted by atomic mass is 19.4. The van der Waals surface area contributed by atoms with E-state index in [0.29, 0.717) is 5.69 Å². The molecule has 2 unspecified atom stereocenters. The van der Waals surface area contributed by atoms with Crippen molar-refractivity contribution in [1.82, 2.24) is 4.90 Å². The molecule has 1 saturated heterocycles. The van der Waals surface area contributed by atoms with Gasteiger partial charge < -0.3 is 16.0 Å². The number of hydrogen-bond donors (Lipinski definition) is 2. The molecule has 0 spiro atoms. The summed E-state index contributed by atoms with van der Waals surface area (Å²) in [4.78, 5) is 13.5. The lowest BCUT2D eigenvalue weighted by atomic mass is 9.92. The summed E-state index contributed by atoms with van der Waals surface area (Å²) in [5, 5.41) is 2.67. The van der Waals surface area contributed by atoms with Crippen molar-refractivity contribution >= 4 is 11.7 Å². The number of halogens is 3. The molecular weight excluding hydrogens is 283 g/mol. The number of piperidine rings is 1. The maximum Gasteiger partial charge on any atom is 0.389 e. The van der Waals surface area contributed by atoms with Crippen molar-refractivity contribution in [2.45, 2.75) is 25.1 Å². The largest absolute Gasteiger partial charge is 0.389 e. The smallest absolute Gasteiger partial charge is 0.326 e. The Kier molecular flexibility index (Phi) is 4.72. The van der Waals surface area contributed by atoms with E-state index in [2.05, 4.69) is 5.32 Å². The van der Waals surface area contributed by atoms with Gasteiger partial charge in [-0.15, -0.1) is 0 Å². The fraction of sp³-hybridized carbons (Fsp3) is 0.500. The van der Waals surface area contributed by atoms with Gasteiger partial charge in [-0.2, -0.15) is 13.2 Å². The summed E-state index contributed by atoms with van der Waals surface area (Å²) in [6, 6.07) is 7.94. The zero-order valence-electron chi connectivity index (χ0n) is 11.4. The molecule has 21 heavy (non-hydrogen) atoms. The molecule has 116 valence electrons. The Hall–Kier alpha value is -1.76. The monoisotopic (exact) mass is 301 g/mol. The van der Waals surface area contributed by atoms with E-state index in [0.717, 1.165) is 0 Å². The molecule has 1 aromatic rings. The maximum atomic E-state index is 12.5. The van der Waals surface area contributed by atoms with E-state index in [-0.39, 0.29) is 19.5 Å². The maximum absolute atomic E-state index is 12.5. The van der Waals surface area contributed by atoms with Gasteiger partial charge in [-0.25, -0.2) is 4.79 Å². The van der Waals surface area contributed by atoms with Gasteiger partial charge in [0.2, 0.25) is 0 Å². The first-order valence-corrected chi connectivity index (χ1v) is 6.77. The summed E-state index contributed by atoms with van der Waals surface area (Å²) >= 11 is 0. The lowest BCUT2D eigenvalue weighted by Gasteiger charge is -2.36. The van der Waals surface area contributed by atoms with E-state index in [1.807, 2.05) is 6.07 Å². The Morgan fingerprint density at radius 3 is 2.57 bits per heavy atom. The SMILES string of the molecule is NC1CC(CC(F)(F)F)CN(C(=O)Nc2ccccc2)C1. The molecule has 3 N–H and O–H groups in total. The second-order valence-electron chi connectivity index (χ2n) is 5.38. The molecule has 1 aromatic carbocycles. The Morgan fingerprint density at radius 2 is 1.95 bits per heavy atom. The van der Waals surface area contributed by atoms with E-state index in [9.17, 15) is 18.0 Å². The first-order valence-electron chi connectivity index (χ1n) is 6.77. The van der Waals surface area contributed by atoms with Crippen LogP contribution in [0.1, 0.15) is 12.8 Å². The standard InChI is InChI=1S/C14H18F3N3O/c15-14(16,17)7-10-6-11(18)9-20(8-10)13(21)19-12-4-2-1-3-5-12/h1-5,10-11H,6-9,18H2,(H,19,21). The molecule has 1 aliphatic rings. The third-order valence-electron chi connectivity index (χ3n) is 3.40. The number of para-hydroxylation sites is 1. The quantitative estimate of drug-likeness (QED) is 0.882. The first-order chi connectivity index (χ1) is 9.83. The van der Waals surface area contributed by atoms with Crippen molar-refractivity contribution < 1.29 is 18.0 Å². The molecule has 2 rings (SSSR count). The van der Waals surface area contributed by atoms with Crippen LogP contribution in [0.5, 0.6) is 0 Å². The van der Waals surface area contributed by atoms with Crippen LogP contribution in [0, 0.1) is 5.92 Å². The van der Waals surface area contributed by atoms with Crippen molar-refractivity contribution in [1.29, 1.82) is 0 Å². The van der Waals surface area contributed by atoms with Gasteiger partial charge in [0.25, 0.3) is 0 Å². The molecule has 2 amide bonds. The number of nitrogens with two attached hydrogens (primary N) is 1. The summed E-state index contributed by atoms with van der Waals surface area (Å²) in [6.07, 6.45) is -4.85. The van der Waals surface area contributed by atoms with Crippen LogP contribution in [0.25, 0.3) is 0 Å². The van der Waals surface area contributed by atoms with Gasteiger partial charge in [-0.1, -0.05) is 18.2 Å². The second-order valence-corrected chi connectivity index (χ2v) is 5.38. The summed E-state index contributed by atoms with van der Waals surface area (Å²) < 4.78 is 37.4. The number of nitrogens with zero attached hydrogens (tertiary/aromatic N) is 1. The number of benzene rings is 1. The molecule has 0 radical (unpaired) electrons. The fourth-order valence-electron chi connectivity index (χ4n) is 2.61. The fourth-order valence-corrected chi connectivity index (χ4v) is 2.61. The predicted octanol–water partition coefficient (Wildman–Crippen LogP) is 2.82. The van der Waals surface area contributed by atoms with Crippen LogP contribution in [-0.4, -0.2) is 36.2 Å². The zero-order valence-corrected chi connectivity index (χ0v) is 11.4. The third-order valence-corrected chi connectivity index (χ3v) is 3.40. The Balaban J connectivity index is 1.96. The van der Waals surface area contributed by atoms with Crippen LogP contribution >= 0.6 is 0 Å². The molecule has 0 bridgehead atoms. The van der Waals surface area contributed by atoms with Crippen LogP contribution < -0.4 is 11.1 Å². The van der Waals surface area contributed by atoms with Crippen LogP contribution in [0.3, 0.4) is 0 Å². The zero-order chi connectivity index (χ0) is 15.5. The van der Waals surface area contributed by atoms with Crippen molar-refractivity contribution in [2.24, 2.45) is 11.7 Å². The molecule has 1 aliphatic heterocycles. The Labute approximate surface area is 121 Å².